The Kier molecular flexibility index (Phi) is 5.41. The molecule has 6 heteroatoms. The largest absolute Gasteiger partial charge is 0.383 e. The lowest BCUT2D eigenvalue weighted by molar-refractivity contribution is 0.0673. The molecule has 1 heterocycles. The van der Waals surface area contributed by atoms with Gasteiger partial charge in [-0.3, -0.25) is 4.79 Å². The maximum absolute atomic E-state index is 13.8. The Balaban J connectivity index is 2.18. The summed E-state index contributed by atoms with van der Waals surface area (Å²) < 4.78 is 18.8. The van der Waals surface area contributed by atoms with Crippen molar-refractivity contribution in [3.8, 4) is 0 Å². The van der Waals surface area contributed by atoms with Crippen LogP contribution in [0, 0.1) is 12.7 Å². The SMILES string of the molecule is COCCN(Cc1ccccc1F)C(=O)c1csc(C)n1. The number of hydrogen-bond donors (Lipinski definition) is 0. The monoisotopic (exact) mass is 308 g/mol. The van der Waals surface area contributed by atoms with E-state index in [0.29, 0.717) is 24.4 Å². The van der Waals surface area contributed by atoms with Gasteiger partial charge < -0.3 is 9.64 Å². The zero-order chi connectivity index (χ0) is 15.2. The second-order valence-electron chi connectivity index (χ2n) is 4.56. The zero-order valence-electron chi connectivity index (χ0n) is 12.0. The number of rotatable bonds is 6. The van der Waals surface area contributed by atoms with Gasteiger partial charge in [-0.05, 0) is 13.0 Å². The van der Waals surface area contributed by atoms with Crippen molar-refractivity contribution in [2.24, 2.45) is 0 Å². The van der Waals surface area contributed by atoms with Gasteiger partial charge in [-0.2, -0.15) is 0 Å². The molecule has 0 saturated carbocycles. The second-order valence-corrected chi connectivity index (χ2v) is 5.62. The van der Waals surface area contributed by atoms with Gasteiger partial charge in [-0.1, -0.05) is 18.2 Å². The molecule has 2 rings (SSSR count). The van der Waals surface area contributed by atoms with E-state index in [1.165, 1.54) is 17.4 Å². The van der Waals surface area contributed by atoms with E-state index >= 15 is 0 Å². The number of benzene rings is 1. The van der Waals surface area contributed by atoms with Crippen LogP contribution in [0.5, 0.6) is 0 Å². The van der Waals surface area contributed by atoms with Crippen molar-refractivity contribution in [2.45, 2.75) is 13.5 Å². The van der Waals surface area contributed by atoms with Crippen molar-refractivity contribution in [1.82, 2.24) is 9.88 Å². The third kappa shape index (κ3) is 4.09. The van der Waals surface area contributed by atoms with Gasteiger partial charge in [0.1, 0.15) is 11.5 Å². The number of thiazole rings is 1. The summed E-state index contributed by atoms with van der Waals surface area (Å²) in [7, 11) is 1.57. The van der Waals surface area contributed by atoms with Crippen LogP contribution in [0.1, 0.15) is 21.1 Å². The number of aromatic nitrogens is 1. The molecular formula is C15H17FN2O2S. The van der Waals surface area contributed by atoms with Crippen LogP contribution in [-0.2, 0) is 11.3 Å². The van der Waals surface area contributed by atoms with E-state index in [4.69, 9.17) is 4.74 Å². The van der Waals surface area contributed by atoms with Gasteiger partial charge in [0.25, 0.3) is 5.91 Å². The third-order valence-corrected chi connectivity index (χ3v) is 3.78. The van der Waals surface area contributed by atoms with Crippen LogP contribution in [0.15, 0.2) is 29.6 Å². The fourth-order valence-corrected chi connectivity index (χ4v) is 2.50. The van der Waals surface area contributed by atoms with Gasteiger partial charge in [0.05, 0.1) is 11.6 Å². The lowest BCUT2D eigenvalue weighted by Crippen LogP contribution is -2.34. The molecule has 21 heavy (non-hydrogen) atoms. The molecule has 2 aromatic rings. The molecule has 0 saturated heterocycles. The summed E-state index contributed by atoms with van der Waals surface area (Å²) in [6.07, 6.45) is 0. The third-order valence-electron chi connectivity index (χ3n) is 3.01. The van der Waals surface area contributed by atoms with Crippen LogP contribution >= 0.6 is 11.3 Å². The molecule has 0 aliphatic rings. The average molecular weight is 308 g/mol. The molecule has 0 spiro atoms. The second kappa shape index (κ2) is 7.28. The maximum atomic E-state index is 13.8. The van der Waals surface area contributed by atoms with Gasteiger partial charge in [-0.25, -0.2) is 9.37 Å². The highest BCUT2D eigenvalue weighted by Gasteiger charge is 2.19. The molecule has 112 valence electrons. The Morgan fingerprint density at radius 3 is 2.81 bits per heavy atom. The first-order chi connectivity index (χ1) is 10.1. The number of halogens is 1. The molecule has 1 amide bonds. The molecule has 0 aliphatic heterocycles. The standard InChI is InChI=1S/C15H17FN2O2S/c1-11-17-14(10-21-11)15(19)18(7-8-20-2)9-12-5-3-4-6-13(12)16/h3-6,10H,7-9H2,1-2H3. The van der Waals surface area contributed by atoms with Crippen LogP contribution in [0.25, 0.3) is 0 Å². The maximum Gasteiger partial charge on any atom is 0.273 e. The van der Waals surface area contributed by atoms with E-state index in [-0.39, 0.29) is 18.3 Å². The quantitative estimate of drug-likeness (QED) is 0.824. The first kappa shape index (κ1) is 15.6. The number of carbonyl (C=O) groups excluding carboxylic acids is 1. The van der Waals surface area contributed by atoms with Crippen molar-refractivity contribution in [3.63, 3.8) is 0 Å². The van der Waals surface area contributed by atoms with Crippen LogP contribution < -0.4 is 0 Å². The van der Waals surface area contributed by atoms with Gasteiger partial charge in [0.2, 0.25) is 0 Å². The number of aryl methyl sites for hydroxylation is 1. The number of nitrogens with zero attached hydrogens (tertiary/aromatic N) is 2. The summed E-state index contributed by atoms with van der Waals surface area (Å²) in [5, 5.41) is 2.55. The van der Waals surface area contributed by atoms with Gasteiger partial charge in [0.15, 0.2) is 0 Å². The Bertz CT molecular complexity index is 615. The fourth-order valence-electron chi connectivity index (χ4n) is 1.91. The summed E-state index contributed by atoms with van der Waals surface area (Å²) in [5.74, 6) is -0.526. The van der Waals surface area contributed by atoms with E-state index in [1.54, 1.807) is 35.6 Å². The van der Waals surface area contributed by atoms with Crippen molar-refractivity contribution in [2.75, 3.05) is 20.3 Å². The minimum Gasteiger partial charge on any atom is -0.383 e. The smallest absolute Gasteiger partial charge is 0.273 e. The van der Waals surface area contributed by atoms with Crippen molar-refractivity contribution < 1.29 is 13.9 Å². The van der Waals surface area contributed by atoms with Crippen molar-refractivity contribution in [1.29, 1.82) is 0 Å². The summed E-state index contributed by atoms with van der Waals surface area (Å²) in [6.45, 7) is 2.83. The molecule has 1 aromatic heterocycles. The van der Waals surface area contributed by atoms with Crippen molar-refractivity contribution >= 4 is 17.2 Å². The lowest BCUT2D eigenvalue weighted by atomic mass is 10.2. The topological polar surface area (TPSA) is 42.4 Å². The van der Waals surface area contributed by atoms with Gasteiger partial charge >= 0.3 is 0 Å². The van der Waals surface area contributed by atoms with Crippen LogP contribution in [0.3, 0.4) is 0 Å². The first-order valence-corrected chi connectivity index (χ1v) is 7.43. The highest BCUT2D eigenvalue weighted by molar-refractivity contribution is 7.09. The molecular weight excluding hydrogens is 291 g/mol. The Hall–Kier alpha value is -1.79. The van der Waals surface area contributed by atoms with Crippen molar-refractivity contribution in [3.05, 3.63) is 51.7 Å². The fraction of sp³-hybridized carbons (Fsp3) is 0.333. The number of methoxy groups -OCH3 is 1. The predicted octanol–water partition coefficient (Wildman–Crippen LogP) is 2.88. The molecule has 0 radical (unpaired) electrons. The zero-order valence-corrected chi connectivity index (χ0v) is 12.8. The summed E-state index contributed by atoms with van der Waals surface area (Å²) in [4.78, 5) is 18.2. The predicted molar refractivity (Wildman–Crippen MR) is 79.9 cm³/mol. The van der Waals surface area contributed by atoms with E-state index in [2.05, 4.69) is 4.98 Å². The minimum absolute atomic E-state index is 0.200. The average Bonchev–Trinajstić information content (AvgIpc) is 2.91. The van der Waals surface area contributed by atoms with Crippen LogP contribution in [0.4, 0.5) is 4.39 Å². The molecule has 0 fully saturated rings. The van der Waals surface area contributed by atoms with E-state index in [0.717, 1.165) is 5.01 Å². The minimum atomic E-state index is -0.317. The molecule has 0 N–H and O–H groups in total. The van der Waals surface area contributed by atoms with E-state index < -0.39 is 0 Å². The lowest BCUT2D eigenvalue weighted by Gasteiger charge is -2.21. The molecule has 4 nitrogen and oxygen atoms in total. The van der Waals surface area contributed by atoms with Gasteiger partial charge in [-0.15, -0.1) is 11.3 Å². The number of carbonyl (C=O) groups is 1. The highest BCUT2D eigenvalue weighted by atomic mass is 32.1. The Labute approximate surface area is 127 Å². The summed E-state index contributed by atoms with van der Waals surface area (Å²) in [6, 6.07) is 6.45. The summed E-state index contributed by atoms with van der Waals surface area (Å²) in [5.41, 5.74) is 0.874. The van der Waals surface area contributed by atoms with Crippen LogP contribution in [0.2, 0.25) is 0 Å². The van der Waals surface area contributed by atoms with Crippen LogP contribution in [-0.4, -0.2) is 36.1 Å². The normalized spacial score (nSPS) is 10.6. The number of amides is 1. The molecule has 0 unspecified atom stereocenters. The summed E-state index contributed by atoms with van der Waals surface area (Å²) >= 11 is 1.42. The van der Waals surface area contributed by atoms with E-state index in [1.807, 2.05) is 6.92 Å². The van der Waals surface area contributed by atoms with E-state index in [9.17, 15) is 9.18 Å². The highest BCUT2D eigenvalue weighted by Crippen LogP contribution is 2.15. The molecule has 0 bridgehead atoms. The number of hydrogen-bond acceptors (Lipinski definition) is 4. The first-order valence-electron chi connectivity index (χ1n) is 6.55. The van der Waals surface area contributed by atoms with Gasteiger partial charge in [0, 0.05) is 31.1 Å². The Morgan fingerprint density at radius 2 is 2.19 bits per heavy atom. The number of ether oxygens (including phenoxy) is 1. The Morgan fingerprint density at radius 1 is 1.43 bits per heavy atom. The molecule has 0 aliphatic carbocycles. The molecule has 0 atom stereocenters. The molecule has 1 aromatic carbocycles.